The van der Waals surface area contributed by atoms with Crippen LogP contribution in [0.2, 0.25) is 0 Å². The van der Waals surface area contributed by atoms with Crippen LogP contribution >= 0.6 is 11.8 Å². The Morgan fingerprint density at radius 3 is 2.59 bits per heavy atom. The Hall–Kier alpha value is -2.34. The zero-order chi connectivity index (χ0) is 21.0. The van der Waals surface area contributed by atoms with E-state index < -0.39 is 11.4 Å². The fraction of sp³-hybridized carbons (Fsp3) is 0.391. The van der Waals surface area contributed by atoms with E-state index in [1.54, 1.807) is 29.2 Å². The highest BCUT2D eigenvalue weighted by atomic mass is 32.2. The van der Waals surface area contributed by atoms with Gasteiger partial charge in [-0.3, -0.25) is 9.59 Å². The summed E-state index contributed by atoms with van der Waals surface area (Å²) in [6.07, 6.45) is 0.880. The number of thioether (sulfide) groups is 1. The molecule has 2 aromatic carbocycles. The van der Waals surface area contributed by atoms with Crippen LogP contribution in [0.5, 0.6) is 0 Å². The van der Waals surface area contributed by atoms with Crippen LogP contribution in [0.25, 0.3) is 0 Å². The summed E-state index contributed by atoms with van der Waals surface area (Å²) in [5, 5.41) is 2.56. The van der Waals surface area contributed by atoms with Crippen LogP contribution in [0.1, 0.15) is 47.1 Å². The Labute approximate surface area is 175 Å². The maximum atomic E-state index is 13.8. The van der Waals surface area contributed by atoms with E-state index >= 15 is 0 Å². The number of benzene rings is 2. The summed E-state index contributed by atoms with van der Waals surface area (Å²) in [5.41, 5.74) is 2.27. The Bertz CT molecular complexity index is 869. The third-order valence-electron chi connectivity index (χ3n) is 4.99. The lowest BCUT2D eigenvalue weighted by Crippen LogP contribution is -2.48. The molecule has 1 heterocycles. The van der Waals surface area contributed by atoms with Crippen molar-refractivity contribution in [1.82, 2.24) is 10.2 Å². The van der Waals surface area contributed by atoms with Gasteiger partial charge in [-0.1, -0.05) is 43.7 Å². The van der Waals surface area contributed by atoms with Gasteiger partial charge in [0, 0.05) is 17.9 Å². The van der Waals surface area contributed by atoms with Crippen molar-refractivity contribution in [2.75, 3.05) is 12.3 Å². The van der Waals surface area contributed by atoms with Crippen LogP contribution in [0.3, 0.4) is 0 Å². The molecule has 2 aromatic rings. The molecule has 1 saturated heterocycles. The SMILES string of the molecule is Cc1ccc(C(=O)N2C(C(=O)NCCC(C)C)CSC2c2cccc(F)c2)cc1. The highest BCUT2D eigenvalue weighted by Gasteiger charge is 2.42. The van der Waals surface area contributed by atoms with Crippen molar-refractivity contribution in [3.05, 3.63) is 71.0 Å². The minimum atomic E-state index is -0.589. The van der Waals surface area contributed by atoms with Gasteiger partial charge in [0.1, 0.15) is 17.2 Å². The molecular formula is C23H27FN2O2S. The molecule has 1 N–H and O–H groups in total. The molecule has 0 aromatic heterocycles. The summed E-state index contributed by atoms with van der Waals surface area (Å²) in [6, 6.07) is 13.0. The highest BCUT2D eigenvalue weighted by Crippen LogP contribution is 2.42. The van der Waals surface area contributed by atoms with Crippen LogP contribution in [0.4, 0.5) is 4.39 Å². The molecule has 6 heteroatoms. The molecule has 0 aliphatic carbocycles. The van der Waals surface area contributed by atoms with Crippen molar-refractivity contribution < 1.29 is 14.0 Å². The predicted octanol–water partition coefficient (Wildman–Crippen LogP) is 4.55. The third-order valence-corrected chi connectivity index (χ3v) is 6.31. The molecule has 3 rings (SSSR count). The smallest absolute Gasteiger partial charge is 0.255 e. The number of nitrogens with one attached hydrogen (secondary N) is 1. The molecule has 0 bridgehead atoms. The Kier molecular flexibility index (Phi) is 6.96. The zero-order valence-corrected chi connectivity index (χ0v) is 17.8. The summed E-state index contributed by atoms with van der Waals surface area (Å²) in [7, 11) is 0. The first-order valence-corrected chi connectivity index (χ1v) is 11.0. The van der Waals surface area contributed by atoms with Crippen LogP contribution in [-0.2, 0) is 4.79 Å². The first kappa shape index (κ1) is 21.4. The number of carbonyl (C=O) groups excluding carboxylic acids is 2. The van der Waals surface area contributed by atoms with Gasteiger partial charge in [0.05, 0.1) is 0 Å². The lowest BCUT2D eigenvalue weighted by Gasteiger charge is -2.29. The molecule has 1 aliphatic rings. The second-order valence-electron chi connectivity index (χ2n) is 7.81. The molecule has 1 fully saturated rings. The minimum absolute atomic E-state index is 0.155. The number of hydrogen-bond donors (Lipinski definition) is 1. The van der Waals surface area contributed by atoms with Crippen molar-refractivity contribution in [1.29, 1.82) is 0 Å². The van der Waals surface area contributed by atoms with Crippen molar-refractivity contribution in [3.8, 4) is 0 Å². The fourth-order valence-corrected chi connectivity index (χ4v) is 4.74. The maximum absolute atomic E-state index is 13.8. The molecule has 4 nitrogen and oxygen atoms in total. The van der Waals surface area contributed by atoms with Crippen LogP contribution in [0.15, 0.2) is 48.5 Å². The van der Waals surface area contributed by atoms with Crippen molar-refractivity contribution in [2.45, 2.75) is 38.6 Å². The summed E-state index contributed by atoms with van der Waals surface area (Å²) in [4.78, 5) is 27.8. The van der Waals surface area contributed by atoms with Crippen molar-refractivity contribution in [3.63, 3.8) is 0 Å². The molecule has 154 valence electrons. The minimum Gasteiger partial charge on any atom is -0.354 e. The van der Waals surface area contributed by atoms with Crippen LogP contribution in [0, 0.1) is 18.7 Å². The van der Waals surface area contributed by atoms with Crippen molar-refractivity contribution >= 4 is 23.6 Å². The topological polar surface area (TPSA) is 49.4 Å². The standard InChI is InChI=1S/C23H27FN2O2S/c1-15(2)11-12-25-21(27)20-14-29-23(18-5-4-6-19(24)13-18)26(20)22(28)17-9-7-16(3)8-10-17/h4-10,13,15,20,23H,11-12,14H2,1-3H3,(H,25,27). The van der Waals surface area contributed by atoms with E-state index in [0.717, 1.165) is 12.0 Å². The van der Waals surface area contributed by atoms with Crippen molar-refractivity contribution in [2.24, 2.45) is 5.92 Å². The monoisotopic (exact) mass is 414 g/mol. The molecular weight excluding hydrogens is 387 g/mol. The number of rotatable bonds is 6. The fourth-order valence-electron chi connectivity index (χ4n) is 3.32. The number of hydrogen-bond acceptors (Lipinski definition) is 3. The van der Waals surface area contributed by atoms with Gasteiger partial charge in [-0.2, -0.15) is 0 Å². The molecule has 29 heavy (non-hydrogen) atoms. The molecule has 0 saturated carbocycles. The van der Waals surface area contributed by atoms with E-state index in [0.29, 0.717) is 29.3 Å². The Balaban J connectivity index is 1.88. The molecule has 2 amide bonds. The first-order valence-electron chi connectivity index (χ1n) is 9.91. The summed E-state index contributed by atoms with van der Waals surface area (Å²) in [5.74, 6) is 0.242. The van der Waals surface area contributed by atoms with Gasteiger partial charge in [0.15, 0.2) is 0 Å². The van der Waals surface area contributed by atoms with Gasteiger partial charge in [0.2, 0.25) is 5.91 Å². The average molecular weight is 415 g/mol. The molecule has 2 unspecified atom stereocenters. The van der Waals surface area contributed by atoms with Gasteiger partial charge in [-0.25, -0.2) is 4.39 Å². The van der Waals surface area contributed by atoms with E-state index in [1.807, 2.05) is 19.1 Å². The third kappa shape index (κ3) is 5.18. The Morgan fingerprint density at radius 1 is 1.21 bits per heavy atom. The van der Waals surface area contributed by atoms with E-state index in [4.69, 9.17) is 0 Å². The van der Waals surface area contributed by atoms with E-state index in [-0.39, 0.29) is 17.6 Å². The maximum Gasteiger partial charge on any atom is 0.255 e. The van der Waals surface area contributed by atoms with Gasteiger partial charge in [-0.15, -0.1) is 11.8 Å². The quantitative estimate of drug-likeness (QED) is 0.754. The van der Waals surface area contributed by atoms with E-state index in [1.165, 1.54) is 23.9 Å². The van der Waals surface area contributed by atoms with Gasteiger partial charge < -0.3 is 10.2 Å². The number of amides is 2. The highest BCUT2D eigenvalue weighted by molar-refractivity contribution is 7.99. The molecule has 0 radical (unpaired) electrons. The van der Waals surface area contributed by atoms with E-state index in [9.17, 15) is 14.0 Å². The van der Waals surface area contributed by atoms with Gasteiger partial charge in [0.25, 0.3) is 5.91 Å². The summed E-state index contributed by atoms with van der Waals surface area (Å²) < 4.78 is 13.8. The first-order chi connectivity index (χ1) is 13.9. The molecule has 1 aliphatic heterocycles. The van der Waals surface area contributed by atoms with Crippen LogP contribution in [-0.4, -0.2) is 35.1 Å². The zero-order valence-electron chi connectivity index (χ0n) is 17.0. The number of nitrogens with zero attached hydrogens (tertiary/aromatic N) is 1. The number of halogens is 1. The predicted molar refractivity (Wildman–Crippen MR) is 115 cm³/mol. The largest absolute Gasteiger partial charge is 0.354 e. The van der Waals surface area contributed by atoms with E-state index in [2.05, 4.69) is 19.2 Å². The Morgan fingerprint density at radius 2 is 1.93 bits per heavy atom. The average Bonchev–Trinajstić information content (AvgIpc) is 3.13. The van der Waals surface area contributed by atoms with Gasteiger partial charge in [-0.05, 0) is 49.1 Å². The lowest BCUT2D eigenvalue weighted by atomic mass is 10.1. The number of carbonyl (C=O) groups is 2. The second kappa shape index (κ2) is 9.44. The van der Waals surface area contributed by atoms with Gasteiger partial charge >= 0.3 is 0 Å². The molecule has 2 atom stereocenters. The lowest BCUT2D eigenvalue weighted by molar-refractivity contribution is -0.124. The summed E-state index contributed by atoms with van der Waals surface area (Å²) >= 11 is 1.49. The normalized spacial score (nSPS) is 18.9. The molecule has 0 spiro atoms. The summed E-state index contributed by atoms with van der Waals surface area (Å²) in [6.45, 7) is 6.74. The number of aryl methyl sites for hydroxylation is 1. The second-order valence-corrected chi connectivity index (χ2v) is 8.92. The van der Waals surface area contributed by atoms with Crippen LogP contribution < -0.4 is 5.32 Å².